The van der Waals surface area contributed by atoms with Gasteiger partial charge in [-0.05, 0) is 38.6 Å². The molecule has 1 atom stereocenters. The van der Waals surface area contributed by atoms with Gasteiger partial charge in [-0.2, -0.15) is 0 Å². The van der Waals surface area contributed by atoms with Crippen molar-refractivity contribution in [3.63, 3.8) is 0 Å². The van der Waals surface area contributed by atoms with Crippen molar-refractivity contribution in [2.45, 2.75) is 51.1 Å². The number of likely N-dealkylation sites (tertiary alicyclic amines) is 2. The summed E-state index contributed by atoms with van der Waals surface area (Å²) < 4.78 is 0. The first kappa shape index (κ1) is 16.2. The molecule has 2 fully saturated rings. The fraction of sp³-hybridized carbons (Fsp3) is 0.867. The second-order valence-corrected chi connectivity index (χ2v) is 6.09. The van der Waals surface area contributed by atoms with Gasteiger partial charge in [0, 0.05) is 25.7 Å². The van der Waals surface area contributed by atoms with Gasteiger partial charge in [0.1, 0.15) is 6.04 Å². The van der Waals surface area contributed by atoms with E-state index in [2.05, 4.69) is 15.1 Å². The third-order valence-corrected chi connectivity index (χ3v) is 4.54. The molecule has 2 aliphatic rings. The topological polar surface area (TPSA) is 72.9 Å². The molecule has 2 saturated heterocycles. The molecular weight excluding hydrogens is 270 g/mol. The maximum atomic E-state index is 11.7. The number of nitrogens with one attached hydrogen (secondary N) is 1. The minimum Gasteiger partial charge on any atom is -0.480 e. The fourth-order valence-electron chi connectivity index (χ4n) is 3.42. The van der Waals surface area contributed by atoms with E-state index in [9.17, 15) is 14.7 Å². The standard InChI is InChI=1S/C15H27N3O3/c1-2-7-16-14(19)11-17-9-5-12(6-10-17)18-8-3-4-13(18)15(20)21/h12-13H,2-11H2,1H3,(H,16,19)(H,20,21). The van der Waals surface area contributed by atoms with Crippen LogP contribution in [0.3, 0.4) is 0 Å². The van der Waals surface area contributed by atoms with E-state index in [0.29, 0.717) is 12.6 Å². The molecule has 21 heavy (non-hydrogen) atoms. The van der Waals surface area contributed by atoms with Crippen LogP contribution in [0.2, 0.25) is 0 Å². The van der Waals surface area contributed by atoms with Crippen LogP contribution >= 0.6 is 0 Å². The van der Waals surface area contributed by atoms with Gasteiger partial charge in [0.25, 0.3) is 0 Å². The van der Waals surface area contributed by atoms with Gasteiger partial charge in [0.15, 0.2) is 0 Å². The highest BCUT2D eigenvalue weighted by Crippen LogP contribution is 2.26. The summed E-state index contributed by atoms with van der Waals surface area (Å²) in [7, 11) is 0. The summed E-state index contributed by atoms with van der Waals surface area (Å²) in [6, 6.07) is 0.0676. The fourth-order valence-corrected chi connectivity index (χ4v) is 3.42. The molecule has 0 aromatic rings. The van der Waals surface area contributed by atoms with E-state index in [1.807, 2.05) is 6.92 Å². The lowest BCUT2D eigenvalue weighted by Crippen LogP contribution is -2.50. The Bertz CT molecular complexity index is 367. The van der Waals surface area contributed by atoms with Crippen LogP contribution in [0.15, 0.2) is 0 Å². The Kier molecular flexibility index (Phi) is 5.99. The van der Waals surface area contributed by atoms with Crippen molar-refractivity contribution < 1.29 is 14.7 Å². The number of hydrogen-bond acceptors (Lipinski definition) is 4. The first-order valence-electron chi connectivity index (χ1n) is 8.09. The van der Waals surface area contributed by atoms with E-state index in [0.717, 1.165) is 58.3 Å². The number of aliphatic carboxylic acids is 1. The monoisotopic (exact) mass is 297 g/mol. The molecule has 6 heteroatoms. The Balaban J connectivity index is 1.75. The number of hydrogen-bond donors (Lipinski definition) is 2. The Morgan fingerprint density at radius 1 is 1.19 bits per heavy atom. The van der Waals surface area contributed by atoms with Crippen molar-refractivity contribution in [1.82, 2.24) is 15.1 Å². The first-order valence-corrected chi connectivity index (χ1v) is 8.09. The SMILES string of the molecule is CCCNC(=O)CN1CCC(N2CCCC2C(=O)O)CC1. The Morgan fingerprint density at radius 3 is 2.52 bits per heavy atom. The third-order valence-electron chi connectivity index (χ3n) is 4.54. The van der Waals surface area contributed by atoms with Gasteiger partial charge in [0.05, 0.1) is 6.54 Å². The van der Waals surface area contributed by atoms with Gasteiger partial charge in [-0.3, -0.25) is 19.4 Å². The second-order valence-electron chi connectivity index (χ2n) is 6.09. The number of carboxylic acids is 1. The van der Waals surface area contributed by atoms with Crippen LogP contribution in [-0.4, -0.2) is 71.6 Å². The van der Waals surface area contributed by atoms with Gasteiger partial charge in [-0.25, -0.2) is 0 Å². The highest BCUT2D eigenvalue weighted by molar-refractivity contribution is 5.78. The lowest BCUT2D eigenvalue weighted by molar-refractivity contribution is -0.143. The molecule has 0 radical (unpaired) electrons. The second kappa shape index (κ2) is 7.75. The number of carbonyl (C=O) groups is 2. The van der Waals surface area contributed by atoms with Crippen LogP contribution in [0, 0.1) is 0 Å². The average Bonchev–Trinajstić information content (AvgIpc) is 2.95. The summed E-state index contributed by atoms with van der Waals surface area (Å²) in [4.78, 5) is 27.3. The number of piperidine rings is 1. The number of nitrogens with zero attached hydrogens (tertiary/aromatic N) is 2. The Labute approximate surface area is 126 Å². The van der Waals surface area contributed by atoms with Crippen LogP contribution < -0.4 is 5.32 Å². The van der Waals surface area contributed by atoms with Gasteiger partial charge >= 0.3 is 5.97 Å². The molecular formula is C15H27N3O3. The average molecular weight is 297 g/mol. The van der Waals surface area contributed by atoms with E-state index < -0.39 is 5.97 Å². The zero-order valence-corrected chi connectivity index (χ0v) is 12.9. The van der Waals surface area contributed by atoms with Gasteiger partial charge in [-0.1, -0.05) is 6.92 Å². The molecule has 0 spiro atoms. The highest BCUT2D eigenvalue weighted by Gasteiger charge is 2.36. The number of amides is 1. The van der Waals surface area contributed by atoms with Crippen LogP contribution in [0.25, 0.3) is 0 Å². The van der Waals surface area contributed by atoms with E-state index in [4.69, 9.17) is 0 Å². The molecule has 0 aliphatic carbocycles. The van der Waals surface area contributed by atoms with E-state index in [1.54, 1.807) is 0 Å². The van der Waals surface area contributed by atoms with Crippen LogP contribution in [-0.2, 0) is 9.59 Å². The molecule has 0 saturated carbocycles. The smallest absolute Gasteiger partial charge is 0.320 e. The minimum absolute atomic E-state index is 0.0971. The molecule has 6 nitrogen and oxygen atoms in total. The molecule has 2 N–H and O–H groups in total. The lowest BCUT2D eigenvalue weighted by Gasteiger charge is -2.38. The minimum atomic E-state index is -0.686. The van der Waals surface area contributed by atoms with E-state index in [-0.39, 0.29) is 11.9 Å². The Hall–Kier alpha value is -1.14. The zero-order chi connectivity index (χ0) is 15.2. The third kappa shape index (κ3) is 4.41. The molecule has 1 amide bonds. The molecule has 0 aromatic heterocycles. The Morgan fingerprint density at radius 2 is 1.90 bits per heavy atom. The van der Waals surface area contributed by atoms with Crippen LogP contribution in [0.1, 0.15) is 39.0 Å². The summed E-state index contributed by atoms with van der Waals surface area (Å²) in [5, 5.41) is 12.2. The normalized spacial score (nSPS) is 25.1. The maximum absolute atomic E-state index is 11.7. The first-order chi connectivity index (χ1) is 10.1. The van der Waals surface area contributed by atoms with Crippen LogP contribution in [0.4, 0.5) is 0 Å². The predicted octanol–water partition coefficient (Wildman–Crippen LogP) is 0.526. The molecule has 1 unspecified atom stereocenters. The maximum Gasteiger partial charge on any atom is 0.320 e. The largest absolute Gasteiger partial charge is 0.480 e. The van der Waals surface area contributed by atoms with Gasteiger partial charge in [-0.15, -0.1) is 0 Å². The number of carboxylic acid groups (broad SMARTS) is 1. The van der Waals surface area contributed by atoms with Gasteiger partial charge in [0.2, 0.25) is 5.91 Å². The summed E-state index contributed by atoms with van der Waals surface area (Å²) in [5.41, 5.74) is 0. The number of carbonyl (C=O) groups excluding carboxylic acids is 1. The van der Waals surface area contributed by atoms with E-state index >= 15 is 0 Å². The summed E-state index contributed by atoms with van der Waals surface area (Å²) in [6.07, 6.45) is 4.64. The summed E-state index contributed by atoms with van der Waals surface area (Å²) in [5.74, 6) is -0.589. The highest BCUT2D eigenvalue weighted by atomic mass is 16.4. The molecule has 0 aromatic carbocycles. The molecule has 2 rings (SSSR count). The van der Waals surface area contributed by atoms with Crippen LogP contribution in [0.5, 0.6) is 0 Å². The lowest BCUT2D eigenvalue weighted by atomic mass is 10.0. The van der Waals surface area contributed by atoms with Crippen molar-refractivity contribution in [2.24, 2.45) is 0 Å². The summed E-state index contributed by atoms with van der Waals surface area (Å²) >= 11 is 0. The van der Waals surface area contributed by atoms with Crippen molar-refractivity contribution in [3.8, 4) is 0 Å². The van der Waals surface area contributed by atoms with Crippen molar-refractivity contribution in [2.75, 3.05) is 32.7 Å². The molecule has 0 bridgehead atoms. The number of rotatable bonds is 6. The molecule has 2 heterocycles. The zero-order valence-electron chi connectivity index (χ0n) is 12.9. The van der Waals surface area contributed by atoms with Crippen molar-refractivity contribution in [1.29, 1.82) is 0 Å². The predicted molar refractivity (Wildman–Crippen MR) is 80.1 cm³/mol. The van der Waals surface area contributed by atoms with E-state index in [1.165, 1.54) is 0 Å². The molecule has 120 valence electrons. The van der Waals surface area contributed by atoms with Gasteiger partial charge < -0.3 is 10.4 Å². The van der Waals surface area contributed by atoms with Crippen molar-refractivity contribution >= 4 is 11.9 Å². The van der Waals surface area contributed by atoms with Crippen molar-refractivity contribution in [3.05, 3.63) is 0 Å². The molecule has 2 aliphatic heterocycles. The summed E-state index contributed by atoms with van der Waals surface area (Å²) in [6.45, 7) is 5.91. The quantitative estimate of drug-likeness (QED) is 0.748.